The summed E-state index contributed by atoms with van der Waals surface area (Å²) >= 11 is 11.3. The molecule has 0 fully saturated rings. The van der Waals surface area contributed by atoms with Crippen LogP contribution in [0.25, 0.3) is 0 Å². The quantitative estimate of drug-likeness (QED) is 0.457. The Morgan fingerprint density at radius 1 is 1.40 bits per heavy atom. The van der Waals surface area contributed by atoms with Gasteiger partial charge in [-0.3, -0.25) is 4.79 Å². The largest absolute Gasteiger partial charge is 0.294 e. The van der Waals surface area contributed by atoms with Crippen molar-refractivity contribution < 1.29 is 4.79 Å². The monoisotopic (exact) mass is 246 g/mol. The highest BCUT2D eigenvalue weighted by Crippen LogP contribution is 2.24. The third-order valence-electron chi connectivity index (χ3n) is 1.70. The van der Waals surface area contributed by atoms with Crippen LogP contribution in [0.1, 0.15) is 37.6 Å². The van der Waals surface area contributed by atoms with E-state index >= 15 is 0 Å². The number of hydrogen-bond donors (Lipinski definition) is 0. The number of carbonyl (C=O) groups excluding carboxylic acids is 1. The molecule has 1 heterocycles. The second kappa shape index (κ2) is 4.45. The molecule has 1 rings (SSSR count). The normalized spacial score (nSPS) is 11.5. The number of carbonyl (C=O) groups is 1. The van der Waals surface area contributed by atoms with Crippen molar-refractivity contribution in [2.75, 3.05) is 0 Å². The highest BCUT2D eigenvalue weighted by Gasteiger charge is 2.20. The molecule has 0 N–H and O–H groups in total. The first-order valence-electron chi connectivity index (χ1n) is 4.51. The standard InChI is InChI=1S/C10H12Cl2N2O/c1-10(2,3)4-7(15)6-5-13-9(12)14-8(6)11/h5H,4H2,1-3H3. The summed E-state index contributed by atoms with van der Waals surface area (Å²) in [7, 11) is 0. The smallest absolute Gasteiger partial charge is 0.223 e. The molecule has 0 saturated carbocycles. The molecule has 5 heteroatoms. The summed E-state index contributed by atoms with van der Waals surface area (Å²) in [5.41, 5.74) is 0.246. The zero-order chi connectivity index (χ0) is 11.6. The van der Waals surface area contributed by atoms with Crippen LogP contribution in [0.5, 0.6) is 0 Å². The van der Waals surface area contributed by atoms with E-state index in [1.807, 2.05) is 20.8 Å². The van der Waals surface area contributed by atoms with Crippen molar-refractivity contribution in [2.45, 2.75) is 27.2 Å². The van der Waals surface area contributed by atoms with Crippen LogP contribution in [0.15, 0.2) is 6.20 Å². The average Bonchev–Trinajstić information content (AvgIpc) is 1.99. The van der Waals surface area contributed by atoms with Gasteiger partial charge in [0, 0.05) is 12.6 Å². The lowest BCUT2D eigenvalue weighted by atomic mass is 9.88. The Balaban J connectivity index is 2.92. The van der Waals surface area contributed by atoms with E-state index < -0.39 is 0 Å². The number of aromatic nitrogens is 2. The van der Waals surface area contributed by atoms with Crippen LogP contribution in [0.4, 0.5) is 0 Å². The van der Waals surface area contributed by atoms with Gasteiger partial charge in [0.1, 0.15) is 5.15 Å². The Kier molecular flexibility index (Phi) is 3.68. The van der Waals surface area contributed by atoms with Gasteiger partial charge in [0.05, 0.1) is 5.56 Å². The summed E-state index contributed by atoms with van der Waals surface area (Å²) in [5.74, 6) is -0.0656. The number of halogens is 2. The highest BCUT2D eigenvalue weighted by atomic mass is 35.5. The predicted octanol–water partition coefficient (Wildman–Crippen LogP) is 3.40. The summed E-state index contributed by atoms with van der Waals surface area (Å²) in [4.78, 5) is 19.2. The molecule has 0 saturated heterocycles. The van der Waals surface area contributed by atoms with Crippen LogP contribution >= 0.6 is 23.2 Å². The van der Waals surface area contributed by atoms with Gasteiger partial charge in [-0.15, -0.1) is 0 Å². The van der Waals surface area contributed by atoms with Crippen LogP contribution in [-0.2, 0) is 0 Å². The van der Waals surface area contributed by atoms with Crippen molar-refractivity contribution in [3.63, 3.8) is 0 Å². The number of nitrogens with zero attached hydrogens (tertiary/aromatic N) is 2. The van der Waals surface area contributed by atoms with Crippen molar-refractivity contribution in [2.24, 2.45) is 5.41 Å². The van der Waals surface area contributed by atoms with Crippen molar-refractivity contribution in [3.8, 4) is 0 Å². The Labute approximate surface area is 98.8 Å². The molecule has 15 heavy (non-hydrogen) atoms. The van der Waals surface area contributed by atoms with E-state index in [1.54, 1.807) is 0 Å². The van der Waals surface area contributed by atoms with Gasteiger partial charge in [0.15, 0.2) is 5.78 Å². The van der Waals surface area contributed by atoms with E-state index in [0.29, 0.717) is 12.0 Å². The first kappa shape index (κ1) is 12.4. The van der Waals surface area contributed by atoms with Crippen molar-refractivity contribution in [1.29, 1.82) is 0 Å². The molecule has 0 radical (unpaired) electrons. The lowest BCUT2D eigenvalue weighted by Crippen LogP contribution is -2.14. The lowest BCUT2D eigenvalue weighted by molar-refractivity contribution is 0.0939. The van der Waals surface area contributed by atoms with Crippen LogP contribution in [0, 0.1) is 5.41 Å². The number of Topliss-reactive ketones (excluding diaryl/α,β-unsaturated/α-hetero) is 1. The summed E-state index contributed by atoms with van der Waals surface area (Å²) in [5, 5.41) is 0.163. The Bertz CT molecular complexity index is 385. The molecule has 0 amide bonds. The third kappa shape index (κ3) is 3.76. The van der Waals surface area contributed by atoms with Gasteiger partial charge in [-0.1, -0.05) is 32.4 Å². The molecular weight excluding hydrogens is 235 g/mol. The Morgan fingerprint density at radius 3 is 2.47 bits per heavy atom. The van der Waals surface area contributed by atoms with Gasteiger partial charge >= 0.3 is 0 Å². The van der Waals surface area contributed by atoms with Gasteiger partial charge in [0.2, 0.25) is 5.28 Å². The van der Waals surface area contributed by atoms with Gasteiger partial charge in [-0.2, -0.15) is 0 Å². The molecule has 0 aromatic carbocycles. The molecule has 0 aliphatic heterocycles. The summed E-state index contributed by atoms with van der Waals surface area (Å²) in [6, 6.07) is 0. The van der Waals surface area contributed by atoms with Crippen LogP contribution < -0.4 is 0 Å². The first-order chi connectivity index (χ1) is 6.79. The minimum atomic E-state index is -0.0833. The lowest BCUT2D eigenvalue weighted by Gasteiger charge is -2.16. The number of rotatable bonds is 2. The zero-order valence-corrected chi connectivity index (χ0v) is 10.4. The van der Waals surface area contributed by atoms with E-state index in [1.165, 1.54) is 6.20 Å². The fraction of sp³-hybridized carbons (Fsp3) is 0.500. The molecule has 0 atom stereocenters. The predicted molar refractivity (Wildman–Crippen MR) is 60.5 cm³/mol. The highest BCUT2D eigenvalue weighted by molar-refractivity contribution is 6.34. The van der Waals surface area contributed by atoms with Crippen LogP contribution in [0.3, 0.4) is 0 Å². The molecular formula is C10H12Cl2N2O. The Morgan fingerprint density at radius 2 is 2.00 bits per heavy atom. The second-order valence-electron chi connectivity index (χ2n) is 4.50. The molecule has 0 unspecified atom stereocenters. The van der Waals surface area contributed by atoms with Crippen molar-refractivity contribution >= 4 is 29.0 Å². The van der Waals surface area contributed by atoms with Crippen molar-refractivity contribution in [3.05, 3.63) is 22.2 Å². The molecule has 0 aliphatic carbocycles. The topological polar surface area (TPSA) is 42.9 Å². The van der Waals surface area contributed by atoms with E-state index in [9.17, 15) is 4.79 Å². The first-order valence-corrected chi connectivity index (χ1v) is 5.26. The van der Waals surface area contributed by atoms with Crippen LogP contribution in [-0.4, -0.2) is 15.8 Å². The number of ketones is 1. The average molecular weight is 247 g/mol. The SMILES string of the molecule is CC(C)(C)CC(=O)c1cnc(Cl)nc1Cl. The maximum Gasteiger partial charge on any atom is 0.223 e. The summed E-state index contributed by atoms with van der Waals surface area (Å²) in [6.07, 6.45) is 1.77. The molecule has 0 bridgehead atoms. The molecule has 1 aromatic rings. The maximum atomic E-state index is 11.8. The number of hydrogen-bond acceptors (Lipinski definition) is 3. The third-order valence-corrected chi connectivity index (χ3v) is 2.17. The molecule has 1 aromatic heterocycles. The van der Waals surface area contributed by atoms with Crippen LogP contribution in [0.2, 0.25) is 10.4 Å². The molecule has 3 nitrogen and oxygen atoms in total. The minimum absolute atomic E-state index is 0.0484. The zero-order valence-electron chi connectivity index (χ0n) is 8.84. The van der Waals surface area contributed by atoms with Gasteiger partial charge < -0.3 is 0 Å². The fourth-order valence-corrected chi connectivity index (χ4v) is 1.52. The van der Waals surface area contributed by atoms with E-state index in [4.69, 9.17) is 23.2 Å². The van der Waals surface area contributed by atoms with E-state index in [0.717, 1.165) is 0 Å². The van der Waals surface area contributed by atoms with Crippen molar-refractivity contribution in [1.82, 2.24) is 9.97 Å². The maximum absolute atomic E-state index is 11.8. The molecule has 0 spiro atoms. The second-order valence-corrected chi connectivity index (χ2v) is 5.20. The van der Waals surface area contributed by atoms with Gasteiger partial charge in [0.25, 0.3) is 0 Å². The van der Waals surface area contributed by atoms with E-state index in [2.05, 4.69) is 9.97 Å². The Hall–Kier alpha value is -0.670. The van der Waals surface area contributed by atoms with E-state index in [-0.39, 0.29) is 21.6 Å². The summed E-state index contributed by atoms with van der Waals surface area (Å²) < 4.78 is 0. The fourth-order valence-electron chi connectivity index (χ4n) is 1.11. The molecule has 82 valence electrons. The van der Waals surface area contributed by atoms with Gasteiger partial charge in [-0.25, -0.2) is 9.97 Å². The summed E-state index contributed by atoms with van der Waals surface area (Å²) in [6.45, 7) is 5.95. The minimum Gasteiger partial charge on any atom is -0.294 e. The van der Waals surface area contributed by atoms with Gasteiger partial charge in [-0.05, 0) is 17.0 Å². The molecule has 0 aliphatic rings.